The summed E-state index contributed by atoms with van der Waals surface area (Å²) in [5.41, 5.74) is 6.50. The molecule has 0 aliphatic carbocycles. The molecule has 0 aliphatic rings. The molecule has 25 heavy (non-hydrogen) atoms. The number of aryl methyl sites for hydroxylation is 1. The van der Waals surface area contributed by atoms with Crippen molar-refractivity contribution in [1.82, 2.24) is 15.5 Å². The Kier molecular flexibility index (Phi) is 9.49. The lowest BCUT2D eigenvalue weighted by Crippen LogP contribution is -2.40. The second kappa shape index (κ2) is 11.1. The molecule has 1 atom stereocenters. The summed E-state index contributed by atoms with van der Waals surface area (Å²) in [5.74, 6) is 0.880. The molecule has 0 saturated carbocycles. The van der Waals surface area contributed by atoms with Gasteiger partial charge in [0.2, 0.25) is 17.6 Å². The Hall–Kier alpha value is -1.63. The zero-order chi connectivity index (χ0) is 17.4. The smallest absolute Gasteiger partial charge is 0.227 e. The first kappa shape index (κ1) is 21.4. The first-order valence-corrected chi connectivity index (χ1v) is 8.58. The molecule has 0 spiro atoms. The maximum absolute atomic E-state index is 12.0. The highest BCUT2D eigenvalue weighted by molar-refractivity contribution is 6.30. The number of nitrogens with two attached hydrogens (primary N) is 1. The van der Waals surface area contributed by atoms with Gasteiger partial charge < -0.3 is 15.6 Å². The Morgan fingerprint density at radius 3 is 2.72 bits per heavy atom. The van der Waals surface area contributed by atoms with Crippen LogP contribution in [0.2, 0.25) is 5.02 Å². The Balaban J connectivity index is 0.00000312. The van der Waals surface area contributed by atoms with Crippen LogP contribution in [0.1, 0.15) is 38.5 Å². The molecule has 0 radical (unpaired) electrons. The zero-order valence-corrected chi connectivity index (χ0v) is 15.8. The summed E-state index contributed by atoms with van der Waals surface area (Å²) < 4.78 is 5.20. The topological polar surface area (TPSA) is 94.0 Å². The third-order valence-electron chi connectivity index (χ3n) is 3.69. The van der Waals surface area contributed by atoms with Gasteiger partial charge >= 0.3 is 0 Å². The van der Waals surface area contributed by atoms with Gasteiger partial charge in [-0.25, -0.2) is 0 Å². The normalized spacial score (nSPS) is 11.6. The predicted molar refractivity (Wildman–Crippen MR) is 101 cm³/mol. The van der Waals surface area contributed by atoms with E-state index in [1.165, 1.54) is 0 Å². The molecule has 3 N–H and O–H groups in total. The van der Waals surface area contributed by atoms with Crippen LogP contribution >= 0.6 is 24.0 Å². The van der Waals surface area contributed by atoms with E-state index in [4.69, 9.17) is 21.9 Å². The van der Waals surface area contributed by atoms with Crippen molar-refractivity contribution in [1.29, 1.82) is 0 Å². The van der Waals surface area contributed by atoms with Gasteiger partial charge in [0.15, 0.2) is 0 Å². The first-order valence-electron chi connectivity index (χ1n) is 8.20. The van der Waals surface area contributed by atoms with Crippen LogP contribution in [0.25, 0.3) is 11.4 Å². The second-order valence-corrected chi connectivity index (χ2v) is 6.10. The molecule has 1 amide bonds. The number of rotatable bonds is 9. The van der Waals surface area contributed by atoms with E-state index in [1.807, 2.05) is 12.1 Å². The minimum absolute atomic E-state index is 0. The number of aromatic nitrogens is 2. The molecule has 1 aromatic carbocycles. The summed E-state index contributed by atoms with van der Waals surface area (Å²) in [7, 11) is 0. The van der Waals surface area contributed by atoms with Crippen molar-refractivity contribution in [3.63, 3.8) is 0 Å². The van der Waals surface area contributed by atoms with E-state index in [-0.39, 0.29) is 24.4 Å². The number of halogens is 2. The second-order valence-electron chi connectivity index (χ2n) is 5.66. The van der Waals surface area contributed by atoms with E-state index in [2.05, 4.69) is 22.4 Å². The van der Waals surface area contributed by atoms with Gasteiger partial charge in [0.1, 0.15) is 0 Å². The van der Waals surface area contributed by atoms with E-state index < -0.39 is 0 Å². The third-order valence-corrected chi connectivity index (χ3v) is 3.94. The molecular formula is C17H24Cl2N4O2. The molecule has 0 bridgehead atoms. The maximum atomic E-state index is 12.0. The van der Waals surface area contributed by atoms with Gasteiger partial charge in [0.25, 0.3) is 0 Å². The largest absolute Gasteiger partial charge is 0.352 e. The maximum Gasteiger partial charge on any atom is 0.227 e. The summed E-state index contributed by atoms with van der Waals surface area (Å²) in [6.45, 7) is 2.57. The molecule has 6 nitrogen and oxygen atoms in total. The molecule has 2 rings (SSSR count). The van der Waals surface area contributed by atoms with Crippen molar-refractivity contribution in [3.05, 3.63) is 35.2 Å². The van der Waals surface area contributed by atoms with Crippen LogP contribution < -0.4 is 11.1 Å². The molecule has 1 heterocycles. The van der Waals surface area contributed by atoms with E-state index >= 15 is 0 Å². The number of nitrogens with zero attached hydrogens (tertiary/aromatic N) is 2. The van der Waals surface area contributed by atoms with Crippen LogP contribution in [-0.2, 0) is 11.2 Å². The summed E-state index contributed by atoms with van der Waals surface area (Å²) in [6, 6.07) is 7.21. The Bertz CT molecular complexity index is 646. The summed E-state index contributed by atoms with van der Waals surface area (Å²) in [4.78, 5) is 16.3. The van der Waals surface area contributed by atoms with Gasteiger partial charge in [0.05, 0.1) is 0 Å². The molecule has 1 aromatic heterocycles. The highest BCUT2D eigenvalue weighted by Crippen LogP contribution is 2.19. The Labute approximate surface area is 158 Å². The predicted octanol–water partition coefficient (Wildman–Crippen LogP) is 3.38. The number of carbonyl (C=O) groups excluding carboxylic acids is 1. The minimum atomic E-state index is -0.0483. The van der Waals surface area contributed by atoms with E-state index in [0.717, 1.165) is 24.8 Å². The third kappa shape index (κ3) is 7.02. The standard InChI is InChI=1S/C17H23ClN4O2.ClH/c1-2-3-4-14(11-19)20-15(23)9-10-16-21-17(22-24-16)12-5-7-13(18)8-6-12;/h5-8,14H,2-4,9-11,19H2,1H3,(H,20,23);1H. The monoisotopic (exact) mass is 386 g/mol. The van der Waals surface area contributed by atoms with Crippen LogP contribution in [0, 0.1) is 0 Å². The van der Waals surface area contributed by atoms with Crippen LogP contribution in [0.15, 0.2) is 28.8 Å². The highest BCUT2D eigenvalue weighted by atomic mass is 35.5. The van der Waals surface area contributed by atoms with Crippen molar-refractivity contribution in [2.45, 2.75) is 45.1 Å². The van der Waals surface area contributed by atoms with Gasteiger partial charge in [-0.15, -0.1) is 12.4 Å². The number of unbranched alkanes of at least 4 members (excludes halogenated alkanes) is 1. The number of amides is 1. The minimum Gasteiger partial charge on any atom is -0.352 e. The number of hydrogen-bond acceptors (Lipinski definition) is 5. The molecule has 138 valence electrons. The first-order chi connectivity index (χ1) is 11.6. The molecule has 2 aromatic rings. The summed E-state index contributed by atoms with van der Waals surface area (Å²) >= 11 is 5.86. The molecule has 1 unspecified atom stereocenters. The number of hydrogen-bond donors (Lipinski definition) is 2. The van der Waals surface area contributed by atoms with Crippen molar-refractivity contribution < 1.29 is 9.32 Å². The van der Waals surface area contributed by atoms with Crippen molar-refractivity contribution in [2.24, 2.45) is 5.73 Å². The average molecular weight is 387 g/mol. The Morgan fingerprint density at radius 2 is 2.08 bits per heavy atom. The molecule has 0 saturated heterocycles. The summed E-state index contributed by atoms with van der Waals surface area (Å²) in [6.07, 6.45) is 3.74. The van der Waals surface area contributed by atoms with Crippen LogP contribution in [-0.4, -0.2) is 28.6 Å². The molecule has 0 fully saturated rings. The molecule has 0 aliphatic heterocycles. The van der Waals surface area contributed by atoms with Crippen LogP contribution in [0.5, 0.6) is 0 Å². The van der Waals surface area contributed by atoms with Gasteiger partial charge in [0, 0.05) is 36.0 Å². The molecular weight excluding hydrogens is 363 g/mol. The average Bonchev–Trinajstić information content (AvgIpc) is 3.06. The highest BCUT2D eigenvalue weighted by Gasteiger charge is 2.13. The van der Waals surface area contributed by atoms with Crippen molar-refractivity contribution >= 4 is 29.9 Å². The van der Waals surface area contributed by atoms with E-state index in [0.29, 0.717) is 36.1 Å². The quantitative estimate of drug-likeness (QED) is 0.688. The van der Waals surface area contributed by atoms with Gasteiger partial charge in [-0.3, -0.25) is 4.79 Å². The van der Waals surface area contributed by atoms with E-state index in [1.54, 1.807) is 12.1 Å². The summed E-state index contributed by atoms with van der Waals surface area (Å²) in [5, 5.41) is 7.53. The number of nitrogens with one attached hydrogen (secondary N) is 1. The lowest BCUT2D eigenvalue weighted by atomic mass is 10.1. The Morgan fingerprint density at radius 1 is 1.36 bits per heavy atom. The van der Waals surface area contributed by atoms with Crippen molar-refractivity contribution in [2.75, 3.05) is 6.54 Å². The van der Waals surface area contributed by atoms with Gasteiger partial charge in [-0.2, -0.15) is 4.98 Å². The fourth-order valence-corrected chi connectivity index (χ4v) is 2.42. The van der Waals surface area contributed by atoms with Crippen LogP contribution in [0.4, 0.5) is 0 Å². The SMILES string of the molecule is CCCCC(CN)NC(=O)CCc1nc(-c2ccc(Cl)cc2)no1.Cl. The van der Waals surface area contributed by atoms with Crippen molar-refractivity contribution in [3.8, 4) is 11.4 Å². The fraction of sp³-hybridized carbons (Fsp3) is 0.471. The van der Waals surface area contributed by atoms with Gasteiger partial charge in [-0.1, -0.05) is 36.5 Å². The fourth-order valence-electron chi connectivity index (χ4n) is 2.29. The number of benzene rings is 1. The lowest BCUT2D eigenvalue weighted by Gasteiger charge is -2.15. The van der Waals surface area contributed by atoms with Gasteiger partial charge in [-0.05, 0) is 30.7 Å². The van der Waals surface area contributed by atoms with E-state index in [9.17, 15) is 4.79 Å². The van der Waals surface area contributed by atoms with Crippen LogP contribution in [0.3, 0.4) is 0 Å². The number of carbonyl (C=O) groups is 1. The zero-order valence-electron chi connectivity index (χ0n) is 14.2. The molecule has 8 heteroatoms. The lowest BCUT2D eigenvalue weighted by molar-refractivity contribution is -0.121.